The van der Waals surface area contributed by atoms with Gasteiger partial charge in [0.2, 0.25) is 0 Å². The van der Waals surface area contributed by atoms with Crippen LogP contribution in [0.4, 0.5) is 11.4 Å². The summed E-state index contributed by atoms with van der Waals surface area (Å²) in [5, 5.41) is 5.84. The number of hydrogen-bond acceptors (Lipinski definition) is 3. The molecule has 0 amide bonds. The topological polar surface area (TPSA) is 50.9 Å². The average molecular weight is 255 g/mol. The third-order valence-electron chi connectivity index (χ3n) is 3.86. The van der Waals surface area contributed by atoms with Gasteiger partial charge in [-0.1, -0.05) is 12.8 Å². The van der Waals surface area contributed by atoms with E-state index >= 15 is 0 Å². The van der Waals surface area contributed by atoms with E-state index in [1.165, 1.54) is 30.3 Å². The van der Waals surface area contributed by atoms with Crippen LogP contribution in [0.15, 0.2) is 24.4 Å². The fourth-order valence-corrected chi connectivity index (χ4v) is 2.67. The van der Waals surface area contributed by atoms with Crippen LogP contribution >= 0.6 is 0 Å². The molecule has 3 N–H and O–H groups in total. The van der Waals surface area contributed by atoms with E-state index in [-0.39, 0.29) is 0 Å². The number of nitrogens with zero attached hydrogens (tertiary/aromatic N) is 1. The molecule has 3 nitrogen and oxygen atoms in total. The standard InChI is InChI=1S/C16H21N3/c1-10-8-13-14(9-18-10)15(17)5-6-16(13)19-11(2)7-12-3-4-12/h5-6,8-9,11-12,19H,3-4,7,17H2,1-2H3. The summed E-state index contributed by atoms with van der Waals surface area (Å²) in [5.41, 5.74) is 9.02. The van der Waals surface area contributed by atoms with Crippen LogP contribution in [-0.4, -0.2) is 11.0 Å². The molecule has 1 atom stereocenters. The number of anilines is 2. The van der Waals surface area contributed by atoms with Crippen LogP contribution in [0.1, 0.15) is 31.9 Å². The molecular formula is C16H21N3. The molecule has 2 aromatic rings. The summed E-state index contributed by atoms with van der Waals surface area (Å²) < 4.78 is 0. The van der Waals surface area contributed by atoms with Gasteiger partial charge in [0.05, 0.1) is 0 Å². The molecule has 0 radical (unpaired) electrons. The lowest BCUT2D eigenvalue weighted by Crippen LogP contribution is -2.16. The second kappa shape index (κ2) is 4.72. The number of benzene rings is 1. The molecule has 0 aliphatic heterocycles. The third kappa shape index (κ3) is 2.65. The molecule has 1 aromatic carbocycles. The first-order valence-electron chi connectivity index (χ1n) is 7.05. The molecule has 3 heteroatoms. The minimum atomic E-state index is 0.507. The Morgan fingerprint density at radius 3 is 2.89 bits per heavy atom. The van der Waals surface area contributed by atoms with Crippen molar-refractivity contribution in [2.24, 2.45) is 5.92 Å². The number of pyridine rings is 1. The quantitative estimate of drug-likeness (QED) is 0.818. The highest BCUT2D eigenvalue weighted by Gasteiger charge is 2.23. The van der Waals surface area contributed by atoms with Crippen molar-refractivity contribution in [1.29, 1.82) is 0 Å². The minimum absolute atomic E-state index is 0.507. The van der Waals surface area contributed by atoms with Crippen molar-refractivity contribution < 1.29 is 0 Å². The Bertz CT molecular complexity index is 602. The predicted octanol–water partition coefficient (Wildman–Crippen LogP) is 3.73. The van der Waals surface area contributed by atoms with Crippen LogP contribution in [-0.2, 0) is 0 Å². The third-order valence-corrected chi connectivity index (χ3v) is 3.86. The Hall–Kier alpha value is -1.77. The van der Waals surface area contributed by atoms with Gasteiger partial charge < -0.3 is 11.1 Å². The van der Waals surface area contributed by atoms with Crippen molar-refractivity contribution >= 4 is 22.1 Å². The van der Waals surface area contributed by atoms with Gasteiger partial charge in [0.15, 0.2) is 0 Å². The van der Waals surface area contributed by atoms with Crippen LogP contribution in [0.3, 0.4) is 0 Å². The van der Waals surface area contributed by atoms with E-state index < -0.39 is 0 Å². The largest absolute Gasteiger partial charge is 0.398 e. The highest BCUT2D eigenvalue weighted by Crippen LogP contribution is 2.35. The van der Waals surface area contributed by atoms with Crippen molar-refractivity contribution in [2.75, 3.05) is 11.1 Å². The first kappa shape index (κ1) is 12.3. The fraction of sp³-hybridized carbons (Fsp3) is 0.438. The first-order chi connectivity index (χ1) is 9.13. The summed E-state index contributed by atoms with van der Waals surface area (Å²) in [7, 11) is 0. The van der Waals surface area contributed by atoms with Crippen LogP contribution in [0.5, 0.6) is 0 Å². The number of nitrogen functional groups attached to an aromatic ring is 1. The van der Waals surface area contributed by atoms with Crippen molar-refractivity contribution in [1.82, 2.24) is 4.98 Å². The minimum Gasteiger partial charge on any atom is -0.398 e. The molecular weight excluding hydrogens is 234 g/mol. The molecule has 19 heavy (non-hydrogen) atoms. The second-order valence-corrected chi connectivity index (χ2v) is 5.80. The van der Waals surface area contributed by atoms with Crippen LogP contribution in [0.25, 0.3) is 10.8 Å². The van der Waals surface area contributed by atoms with Gasteiger partial charge in [-0.15, -0.1) is 0 Å². The van der Waals surface area contributed by atoms with E-state index in [1.807, 2.05) is 19.2 Å². The Labute approximate surface area is 114 Å². The Balaban J connectivity index is 1.93. The molecule has 0 saturated heterocycles. The number of nitrogens with two attached hydrogens (primary N) is 1. The van der Waals surface area contributed by atoms with Crippen LogP contribution in [0, 0.1) is 12.8 Å². The average Bonchev–Trinajstić information content (AvgIpc) is 3.16. The lowest BCUT2D eigenvalue weighted by Gasteiger charge is -2.17. The summed E-state index contributed by atoms with van der Waals surface area (Å²) in [6, 6.07) is 6.66. The lowest BCUT2D eigenvalue weighted by molar-refractivity contribution is 0.643. The maximum atomic E-state index is 6.03. The summed E-state index contributed by atoms with van der Waals surface area (Å²) in [6.07, 6.45) is 5.93. The maximum absolute atomic E-state index is 6.03. The number of aromatic nitrogens is 1. The van der Waals surface area contributed by atoms with Gasteiger partial charge >= 0.3 is 0 Å². The normalized spacial score (nSPS) is 16.5. The summed E-state index contributed by atoms with van der Waals surface area (Å²) in [6.45, 7) is 4.27. The number of aryl methyl sites for hydroxylation is 1. The summed E-state index contributed by atoms with van der Waals surface area (Å²) in [4.78, 5) is 4.34. The van der Waals surface area contributed by atoms with Crippen LogP contribution in [0.2, 0.25) is 0 Å². The number of nitrogens with one attached hydrogen (secondary N) is 1. The maximum Gasteiger partial charge on any atom is 0.0424 e. The van der Waals surface area contributed by atoms with Crippen molar-refractivity contribution in [3.8, 4) is 0 Å². The molecule has 0 bridgehead atoms. The molecule has 100 valence electrons. The number of rotatable bonds is 4. The predicted molar refractivity (Wildman–Crippen MR) is 81.3 cm³/mol. The van der Waals surface area contributed by atoms with E-state index in [1.54, 1.807) is 0 Å². The van der Waals surface area contributed by atoms with E-state index in [0.29, 0.717) is 6.04 Å². The summed E-state index contributed by atoms with van der Waals surface area (Å²) >= 11 is 0. The van der Waals surface area contributed by atoms with E-state index in [2.05, 4.69) is 29.4 Å². The number of hydrogen-bond donors (Lipinski definition) is 2. The van der Waals surface area contributed by atoms with E-state index in [9.17, 15) is 0 Å². The Morgan fingerprint density at radius 2 is 2.16 bits per heavy atom. The molecule has 1 heterocycles. The van der Waals surface area contributed by atoms with Gasteiger partial charge in [0, 0.05) is 40.1 Å². The Kier molecular flexibility index (Phi) is 3.05. The Morgan fingerprint density at radius 1 is 1.37 bits per heavy atom. The van der Waals surface area contributed by atoms with Gasteiger partial charge in [-0.2, -0.15) is 0 Å². The highest BCUT2D eigenvalue weighted by molar-refractivity contribution is 6.00. The monoisotopic (exact) mass is 255 g/mol. The molecule has 3 rings (SSSR count). The fourth-order valence-electron chi connectivity index (χ4n) is 2.67. The van der Waals surface area contributed by atoms with Crippen molar-refractivity contribution in [2.45, 2.75) is 39.2 Å². The van der Waals surface area contributed by atoms with Gasteiger partial charge in [0.25, 0.3) is 0 Å². The second-order valence-electron chi connectivity index (χ2n) is 5.80. The lowest BCUT2D eigenvalue weighted by atomic mass is 10.1. The molecule has 0 spiro atoms. The zero-order valence-corrected chi connectivity index (χ0v) is 11.6. The molecule has 1 fully saturated rings. The van der Waals surface area contributed by atoms with Crippen molar-refractivity contribution in [3.05, 3.63) is 30.1 Å². The van der Waals surface area contributed by atoms with Crippen LogP contribution < -0.4 is 11.1 Å². The molecule has 1 aromatic heterocycles. The van der Waals surface area contributed by atoms with Gasteiger partial charge in [0.1, 0.15) is 0 Å². The smallest absolute Gasteiger partial charge is 0.0424 e. The van der Waals surface area contributed by atoms with Crippen molar-refractivity contribution in [3.63, 3.8) is 0 Å². The molecule has 1 aliphatic rings. The SMILES string of the molecule is Cc1cc2c(NC(C)CC3CC3)ccc(N)c2cn1. The molecule has 1 saturated carbocycles. The summed E-state index contributed by atoms with van der Waals surface area (Å²) in [5.74, 6) is 0.936. The number of fused-ring (bicyclic) bond motifs is 1. The first-order valence-corrected chi connectivity index (χ1v) is 7.05. The highest BCUT2D eigenvalue weighted by atomic mass is 14.9. The molecule has 1 unspecified atom stereocenters. The molecule has 1 aliphatic carbocycles. The van der Waals surface area contributed by atoms with E-state index in [4.69, 9.17) is 5.73 Å². The van der Waals surface area contributed by atoms with Gasteiger partial charge in [-0.3, -0.25) is 4.98 Å². The van der Waals surface area contributed by atoms with E-state index in [0.717, 1.165) is 22.7 Å². The van der Waals surface area contributed by atoms with Gasteiger partial charge in [-0.05, 0) is 44.4 Å². The zero-order chi connectivity index (χ0) is 13.4. The van der Waals surface area contributed by atoms with Gasteiger partial charge in [-0.25, -0.2) is 0 Å². The zero-order valence-electron chi connectivity index (χ0n) is 11.6.